The van der Waals surface area contributed by atoms with E-state index in [0.29, 0.717) is 38.6 Å². The van der Waals surface area contributed by atoms with E-state index in [-0.39, 0.29) is 67.1 Å². The summed E-state index contributed by atoms with van der Waals surface area (Å²) in [7, 11) is 0. The fourth-order valence-electron chi connectivity index (χ4n) is 8.82. The first-order valence-electron chi connectivity index (χ1n) is 27.9. The molecule has 3 saturated heterocycles. The van der Waals surface area contributed by atoms with Crippen molar-refractivity contribution < 1.29 is 57.5 Å². The SMILES string of the molecule is C#CCNC(=O)[C@H](CCCCN)NC(=O)[C@@H]1CS[C@@H](C)[C@H](NC(=O)[C@@H]2CSC[C@H](NC(=O)/C(=C/C)NC(=O)[C@@H](N)[C@@H](C)CC)C(=O)N[C@@H]([C@@H](C)CC)C(=O)NC(=C)C(=O)N[C@@H](CC(C)C)C(=O)N2)C(=O)N2CCC[C@H]2C(=O)NCC(=O)N1. The maximum absolute atomic E-state index is 15.0. The van der Waals surface area contributed by atoms with Gasteiger partial charge >= 0.3 is 0 Å². The van der Waals surface area contributed by atoms with Gasteiger partial charge in [0.1, 0.15) is 54.0 Å². The second kappa shape index (κ2) is 34.7. The minimum atomic E-state index is -1.55. The van der Waals surface area contributed by atoms with Crippen molar-refractivity contribution in [2.75, 3.05) is 43.4 Å². The van der Waals surface area contributed by atoms with Crippen molar-refractivity contribution in [1.82, 2.24) is 63.4 Å². The lowest BCUT2D eigenvalue weighted by Crippen LogP contribution is -2.61. The Morgan fingerprint density at radius 1 is 0.866 bits per heavy atom. The molecule has 0 radical (unpaired) electrons. The monoisotopic (exact) mass is 1190 g/mol. The van der Waals surface area contributed by atoms with Gasteiger partial charge in [0.05, 0.1) is 24.8 Å². The van der Waals surface area contributed by atoms with Crippen molar-refractivity contribution >= 4 is 94.4 Å². The first-order chi connectivity index (χ1) is 38.8. The summed E-state index contributed by atoms with van der Waals surface area (Å²) in [6.45, 7) is 17.2. The Morgan fingerprint density at radius 2 is 1.56 bits per heavy atom. The summed E-state index contributed by atoms with van der Waals surface area (Å²) in [6.07, 6.45) is 9.43. The van der Waals surface area contributed by atoms with Gasteiger partial charge in [0.2, 0.25) is 59.1 Å². The van der Waals surface area contributed by atoms with Crippen LogP contribution in [0.3, 0.4) is 0 Å². The molecule has 3 aliphatic rings. The molecule has 82 heavy (non-hydrogen) atoms. The molecule has 0 unspecified atom stereocenters. The highest BCUT2D eigenvalue weighted by Gasteiger charge is 2.42. The molecule has 3 heterocycles. The number of carbonyl (C=O) groups is 12. The molecule has 12 atom stereocenters. The molecule has 456 valence electrons. The number of unbranched alkanes of at least 4 members (excludes halogenated alkanes) is 1. The van der Waals surface area contributed by atoms with Gasteiger partial charge in [-0.25, -0.2) is 0 Å². The van der Waals surface area contributed by atoms with Gasteiger partial charge in [-0.3, -0.25) is 57.5 Å². The Labute approximate surface area is 488 Å². The molecule has 26 nitrogen and oxygen atoms in total. The number of nitrogens with one attached hydrogen (secondary N) is 11. The van der Waals surface area contributed by atoms with Crippen LogP contribution in [0.1, 0.15) is 107 Å². The zero-order chi connectivity index (χ0) is 61.4. The maximum atomic E-state index is 15.0. The van der Waals surface area contributed by atoms with Gasteiger partial charge in [0.25, 0.3) is 11.8 Å². The smallest absolute Gasteiger partial charge is 0.268 e. The summed E-state index contributed by atoms with van der Waals surface area (Å²) in [5.41, 5.74) is 11.1. The van der Waals surface area contributed by atoms with E-state index in [0.717, 1.165) is 23.5 Å². The van der Waals surface area contributed by atoms with Crippen molar-refractivity contribution in [3.05, 3.63) is 24.0 Å². The van der Waals surface area contributed by atoms with Crippen LogP contribution in [0.5, 0.6) is 0 Å². The second-order valence-electron chi connectivity index (χ2n) is 21.0. The molecular weight excluding hydrogens is 1100 g/mol. The number of hydrogen-bond acceptors (Lipinski definition) is 16. The maximum Gasteiger partial charge on any atom is 0.268 e. The summed E-state index contributed by atoms with van der Waals surface area (Å²) < 4.78 is 0. The first-order valence-corrected chi connectivity index (χ1v) is 30.1. The van der Waals surface area contributed by atoms with E-state index in [1.807, 2.05) is 6.92 Å². The van der Waals surface area contributed by atoms with E-state index in [1.54, 1.807) is 41.5 Å². The van der Waals surface area contributed by atoms with Crippen LogP contribution in [0.15, 0.2) is 24.0 Å². The number of terminal acetylenes is 1. The normalized spacial score (nSPS) is 25.4. The highest BCUT2D eigenvalue weighted by Crippen LogP contribution is 2.25. The highest BCUT2D eigenvalue weighted by atomic mass is 32.2. The Balaban J connectivity index is 2.14. The average Bonchev–Trinajstić information content (AvgIpc) is 4.08. The summed E-state index contributed by atoms with van der Waals surface area (Å²) in [4.78, 5) is 169. The lowest BCUT2D eigenvalue weighted by Gasteiger charge is -2.33. The van der Waals surface area contributed by atoms with Crippen molar-refractivity contribution in [2.24, 2.45) is 29.2 Å². The predicted molar refractivity (Wildman–Crippen MR) is 311 cm³/mol. The molecule has 0 aromatic carbocycles. The van der Waals surface area contributed by atoms with Crippen molar-refractivity contribution in [2.45, 2.75) is 166 Å². The number of allylic oxidation sites excluding steroid dienone is 1. The number of rotatable bonds is 20. The fourth-order valence-corrected chi connectivity index (χ4v) is 11.0. The van der Waals surface area contributed by atoms with Crippen molar-refractivity contribution in [3.8, 4) is 12.3 Å². The van der Waals surface area contributed by atoms with Crippen LogP contribution >= 0.6 is 23.5 Å². The number of thioether (sulfide) groups is 2. The summed E-state index contributed by atoms with van der Waals surface area (Å²) in [5, 5.41) is 27.8. The van der Waals surface area contributed by atoms with Gasteiger partial charge in [0.15, 0.2) is 0 Å². The molecule has 15 N–H and O–H groups in total. The van der Waals surface area contributed by atoms with Crippen LogP contribution < -0.4 is 70.0 Å². The molecule has 0 spiro atoms. The molecule has 0 aromatic heterocycles. The minimum Gasteiger partial charge on any atom is -0.345 e. The Kier molecular flexibility index (Phi) is 29.4. The number of hydrogen-bond donors (Lipinski definition) is 13. The molecule has 3 rings (SSSR count). The Morgan fingerprint density at radius 3 is 2.20 bits per heavy atom. The van der Waals surface area contributed by atoms with E-state index < -0.39 is 149 Å². The van der Waals surface area contributed by atoms with Crippen LogP contribution in [-0.2, 0) is 57.5 Å². The summed E-state index contributed by atoms with van der Waals surface area (Å²) >= 11 is 1.93. The Hall–Kier alpha value is -6.70. The molecule has 0 saturated carbocycles. The lowest BCUT2D eigenvalue weighted by atomic mass is 9.97. The van der Waals surface area contributed by atoms with Gasteiger partial charge in [-0.1, -0.05) is 79.9 Å². The quantitative estimate of drug-likeness (QED) is 0.0337. The van der Waals surface area contributed by atoms with Crippen LogP contribution in [-0.4, -0.2) is 179 Å². The van der Waals surface area contributed by atoms with Gasteiger partial charge in [-0.15, -0.1) is 6.42 Å². The Bertz CT molecular complexity index is 2420. The predicted octanol–water partition coefficient (Wildman–Crippen LogP) is -2.64. The number of carbonyl (C=O) groups excluding carboxylic acids is 12. The van der Waals surface area contributed by atoms with Crippen LogP contribution in [0.25, 0.3) is 0 Å². The number of nitrogens with zero attached hydrogens (tertiary/aromatic N) is 1. The first kappa shape index (κ1) is 69.6. The zero-order valence-corrected chi connectivity index (χ0v) is 49.9. The summed E-state index contributed by atoms with van der Waals surface area (Å²) in [6, 6.07) is -11.6. The third kappa shape index (κ3) is 21.2. The van der Waals surface area contributed by atoms with E-state index in [2.05, 4.69) is 71.0 Å². The molecule has 0 bridgehead atoms. The number of amides is 12. The summed E-state index contributed by atoms with van der Waals surface area (Å²) in [5.74, 6) is -8.99. The zero-order valence-electron chi connectivity index (χ0n) is 48.3. The van der Waals surface area contributed by atoms with Crippen molar-refractivity contribution in [1.29, 1.82) is 0 Å². The van der Waals surface area contributed by atoms with E-state index >= 15 is 0 Å². The molecule has 0 aromatic rings. The number of fused-ring (bicyclic) bond motifs is 1. The topological polar surface area (TPSA) is 392 Å². The van der Waals surface area contributed by atoms with Crippen molar-refractivity contribution in [3.63, 3.8) is 0 Å². The minimum absolute atomic E-state index is 0.0362. The van der Waals surface area contributed by atoms with Gasteiger partial charge in [0, 0.05) is 29.1 Å². The molecule has 28 heteroatoms. The van der Waals surface area contributed by atoms with E-state index in [4.69, 9.17) is 17.9 Å². The van der Waals surface area contributed by atoms with E-state index in [9.17, 15) is 57.5 Å². The lowest BCUT2D eigenvalue weighted by molar-refractivity contribution is -0.142. The third-order valence-corrected chi connectivity index (χ3v) is 16.7. The van der Waals surface area contributed by atoms with Crippen LogP contribution in [0.2, 0.25) is 0 Å². The highest BCUT2D eigenvalue weighted by molar-refractivity contribution is 8.00. The van der Waals surface area contributed by atoms with Gasteiger partial charge < -0.3 is 74.9 Å². The second-order valence-corrected chi connectivity index (χ2v) is 23.5. The number of nitrogens with two attached hydrogens (primary N) is 2. The van der Waals surface area contributed by atoms with E-state index in [1.165, 1.54) is 17.9 Å². The van der Waals surface area contributed by atoms with Crippen LogP contribution in [0, 0.1) is 30.1 Å². The largest absolute Gasteiger partial charge is 0.345 e. The fraction of sp³-hybridized carbons (Fsp3) is 0.667. The van der Waals surface area contributed by atoms with Gasteiger partial charge in [-0.2, -0.15) is 23.5 Å². The molecule has 12 amide bonds. The molecule has 3 fully saturated rings. The van der Waals surface area contributed by atoms with Crippen LogP contribution in [0.4, 0.5) is 0 Å². The molecule has 0 aliphatic carbocycles. The third-order valence-electron chi connectivity index (χ3n) is 14.3. The molecule has 3 aliphatic heterocycles. The van der Waals surface area contributed by atoms with Gasteiger partial charge in [-0.05, 0) is 69.7 Å². The molecular formula is C54H86N14O12S2. The average molecular weight is 1190 g/mol. The standard InChI is InChI=1S/C54H86N14O12S2/c1-11-21-57-45(71)34(18-15-16-20-55)62-48(74)38-27-82-32(10)43(54(80)68-22-17-19-39(68)51(77)58-24-40(69)60-38)67-50(76)37-26-81-25-36(64-46(72)33(14-4)61-52(78)41(56)29(7)12-2)49(75)66-42(30(8)13-3)53(79)59-31(9)44(70)63-35(23-28(5)6)47(73)65-37/h1,14,28-30,32,34-39,41-43H,9,12-13,15-27,55-56H2,2-8,10H3,(H,57,71)(H,58,77)(H,59,79)(H,60,69)(H,61,78)(H,62,74)(H,63,70)(H,64,72)(H,65,73)(H,66,75)(H,67,76)/b33-14-/t29-,30-,32-,34-,35-,36-,37-,38-,39-,41-,42-,43-/m0/s1.